The van der Waals surface area contributed by atoms with Crippen molar-refractivity contribution in [2.24, 2.45) is 0 Å². The van der Waals surface area contributed by atoms with Gasteiger partial charge in [-0.25, -0.2) is 9.67 Å². The molecule has 34 heavy (non-hydrogen) atoms. The van der Waals surface area contributed by atoms with Crippen molar-refractivity contribution in [3.63, 3.8) is 0 Å². The van der Waals surface area contributed by atoms with Crippen LogP contribution >= 0.6 is 0 Å². The fraction of sp³-hybridized carbons (Fsp3) is 0.348. The highest BCUT2D eigenvalue weighted by atomic mass is 19.4. The number of aliphatic hydroxyl groups excluding tert-OH is 1. The van der Waals surface area contributed by atoms with Crippen LogP contribution in [0.3, 0.4) is 0 Å². The predicted octanol–water partition coefficient (Wildman–Crippen LogP) is 3.94. The van der Waals surface area contributed by atoms with Crippen molar-refractivity contribution in [3.05, 3.63) is 65.4 Å². The summed E-state index contributed by atoms with van der Waals surface area (Å²) in [6.07, 6.45) is 0.685. The number of hydrogen-bond acceptors (Lipinski definition) is 6. The van der Waals surface area contributed by atoms with Gasteiger partial charge in [-0.2, -0.15) is 23.5 Å². The molecule has 3 aromatic heterocycles. The summed E-state index contributed by atoms with van der Waals surface area (Å²) in [5.74, 6) is -0.323. The molecule has 3 aromatic rings. The van der Waals surface area contributed by atoms with E-state index in [9.17, 15) is 28.3 Å². The van der Waals surface area contributed by atoms with Crippen LogP contribution in [0.25, 0.3) is 5.82 Å². The molecule has 0 spiro atoms. The molecule has 0 unspecified atom stereocenters. The average Bonchev–Trinajstić information content (AvgIpc) is 3.21. The number of nitrogens with zero attached hydrogens (tertiary/aromatic N) is 5. The zero-order valence-corrected chi connectivity index (χ0v) is 18.2. The van der Waals surface area contributed by atoms with Gasteiger partial charge in [-0.3, -0.25) is 9.78 Å². The highest BCUT2D eigenvalue weighted by Gasteiger charge is 2.38. The molecule has 2 N–H and O–H groups in total. The van der Waals surface area contributed by atoms with Crippen LogP contribution in [0.15, 0.2) is 42.9 Å². The molecule has 0 radical (unpaired) electrons. The number of nitrogens with one attached hydrogen (secondary N) is 1. The van der Waals surface area contributed by atoms with Gasteiger partial charge in [0.25, 0.3) is 5.91 Å². The quantitative estimate of drug-likeness (QED) is 0.597. The molecule has 1 aliphatic carbocycles. The lowest BCUT2D eigenvalue weighted by atomic mass is 9.72. The minimum atomic E-state index is -4.50. The van der Waals surface area contributed by atoms with Gasteiger partial charge >= 0.3 is 6.18 Å². The number of pyridine rings is 2. The normalized spacial score (nSPS) is 20.5. The maximum atomic E-state index is 12.8. The van der Waals surface area contributed by atoms with E-state index < -0.39 is 29.2 Å². The van der Waals surface area contributed by atoms with Crippen LogP contribution in [-0.2, 0) is 11.6 Å². The lowest BCUT2D eigenvalue weighted by molar-refractivity contribution is -0.137. The van der Waals surface area contributed by atoms with Crippen molar-refractivity contribution in [1.82, 2.24) is 19.7 Å². The molecule has 4 rings (SSSR count). The second-order valence-electron chi connectivity index (χ2n) is 8.27. The molecule has 1 fully saturated rings. The Morgan fingerprint density at radius 3 is 2.47 bits per heavy atom. The van der Waals surface area contributed by atoms with E-state index in [1.54, 1.807) is 19.1 Å². The van der Waals surface area contributed by atoms with Gasteiger partial charge in [0.1, 0.15) is 0 Å². The number of rotatable bonds is 4. The zero-order valence-electron chi connectivity index (χ0n) is 18.2. The number of anilines is 1. The zero-order chi connectivity index (χ0) is 24.5. The van der Waals surface area contributed by atoms with Gasteiger partial charge in [0.15, 0.2) is 5.82 Å². The summed E-state index contributed by atoms with van der Waals surface area (Å²) in [6.45, 7) is 1.61. The minimum Gasteiger partial charge on any atom is -0.393 e. The molecule has 3 heterocycles. The van der Waals surface area contributed by atoms with Crippen molar-refractivity contribution in [3.8, 4) is 11.9 Å². The van der Waals surface area contributed by atoms with Gasteiger partial charge in [0, 0.05) is 6.20 Å². The standard InChI is InChI=1S/C23H21F3N6O2/c1-14-18(12-30-32(14)20-5-2-15(10-29-20)23(24,25)26)21(34)31-16-3-4-19(28-11-16)22(13-27)8-6-17(33)7-9-22/h2-5,10-12,17,33H,6-9H2,1H3,(H,31,34). The summed E-state index contributed by atoms with van der Waals surface area (Å²) in [5.41, 5.74) is 0.000127. The number of amides is 1. The Labute approximate surface area is 193 Å². The van der Waals surface area contributed by atoms with E-state index in [1.165, 1.54) is 23.1 Å². The topological polar surface area (TPSA) is 117 Å². The maximum absolute atomic E-state index is 12.8. The van der Waals surface area contributed by atoms with E-state index >= 15 is 0 Å². The molecule has 0 bridgehead atoms. The van der Waals surface area contributed by atoms with Crippen LogP contribution in [0.5, 0.6) is 0 Å². The second-order valence-corrected chi connectivity index (χ2v) is 8.27. The van der Waals surface area contributed by atoms with E-state index in [0.29, 0.717) is 49.0 Å². The number of aliphatic hydroxyl groups is 1. The first-order chi connectivity index (χ1) is 16.1. The highest BCUT2D eigenvalue weighted by Crippen LogP contribution is 2.38. The molecule has 0 atom stereocenters. The van der Waals surface area contributed by atoms with Gasteiger partial charge in [-0.15, -0.1) is 0 Å². The Balaban J connectivity index is 1.48. The van der Waals surface area contributed by atoms with Crippen molar-refractivity contribution < 1.29 is 23.1 Å². The third-order valence-electron chi connectivity index (χ3n) is 6.08. The first kappa shape index (κ1) is 23.4. The Morgan fingerprint density at radius 2 is 1.91 bits per heavy atom. The smallest absolute Gasteiger partial charge is 0.393 e. The maximum Gasteiger partial charge on any atom is 0.417 e. The van der Waals surface area contributed by atoms with E-state index in [-0.39, 0.29) is 11.4 Å². The van der Waals surface area contributed by atoms with Crippen LogP contribution in [0.2, 0.25) is 0 Å². The highest BCUT2D eigenvalue weighted by molar-refractivity contribution is 6.04. The number of nitriles is 1. The molecular weight excluding hydrogens is 449 g/mol. The third kappa shape index (κ3) is 4.49. The fourth-order valence-electron chi connectivity index (χ4n) is 4.01. The molecule has 1 amide bonds. The van der Waals surface area contributed by atoms with Crippen LogP contribution in [0, 0.1) is 18.3 Å². The van der Waals surface area contributed by atoms with Crippen LogP contribution in [0.1, 0.15) is 53.0 Å². The lowest BCUT2D eigenvalue weighted by Gasteiger charge is -2.32. The van der Waals surface area contributed by atoms with Crippen molar-refractivity contribution >= 4 is 11.6 Å². The summed E-state index contributed by atoms with van der Waals surface area (Å²) in [7, 11) is 0. The average molecular weight is 470 g/mol. The molecule has 1 saturated carbocycles. The molecule has 0 aliphatic heterocycles. The SMILES string of the molecule is Cc1c(C(=O)Nc2ccc(C3(C#N)CCC(O)CC3)nc2)cnn1-c1ccc(C(F)(F)F)cn1. The number of halogens is 3. The fourth-order valence-corrected chi connectivity index (χ4v) is 4.01. The number of carbonyl (C=O) groups is 1. The molecule has 1 aliphatic rings. The molecule has 8 nitrogen and oxygen atoms in total. The summed E-state index contributed by atoms with van der Waals surface area (Å²) in [4.78, 5) is 20.9. The summed E-state index contributed by atoms with van der Waals surface area (Å²) in [6, 6.07) is 7.77. The van der Waals surface area contributed by atoms with E-state index in [4.69, 9.17) is 0 Å². The van der Waals surface area contributed by atoms with Gasteiger partial charge in [0.05, 0.1) is 58.2 Å². The Bertz CT molecular complexity index is 1220. The van der Waals surface area contributed by atoms with E-state index in [0.717, 1.165) is 6.07 Å². The number of hydrogen-bond donors (Lipinski definition) is 2. The minimum absolute atomic E-state index is 0.148. The van der Waals surface area contributed by atoms with Gasteiger partial charge in [-0.05, 0) is 56.9 Å². The largest absolute Gasteiger partial charge is 0.417 e. The monoisotopic (exact) mass is 470 g/mol. The van der Waals surface area contributed by atoms with E-state index in [1.807, 2.05) is 0 Å². The second kappa shape index (κ2) is 8.87. The Hall–Kier alpha value is -3.78. The predicted molar refractivity (Wildman–Crippen MR) is 115 cm³/mol. The molecule has 176 valence electrons. The number of aromatic nitrogens is 4. The van der Waals surface area contributed by atoms with Crippen LogP contribution < -0.4 is 5.32 Å². The molecule has 11 heteroatoms. The summed E-state index contributed by atoms with van der Waals surface area (Å²) in [5, 5.41) is 26.3. The van der Waals surface area contributed by atoms with Gasteiger partial charge in [0.2, 0.25) is 0 Å². The lowest BCUT2D eigenvalue weighted by Crippen LogP contribution is -2.33. The number of alkyl halides is 3. The Kier molecular flexibility index (Phi) is 6.10. The van der Waals surface area contributed by atoms with Crippen molar-refractivity contribution in [2.45, 2.75) is 50.3 Å². The van der Waals surface area contributed by atoms with E-state index in [2.05, 4.69) is 26.5 Å². The molecule has 0 aromatic carbocycles. The first-order valence-electron chi connectivity index (χ1n) is 10.6. The van der Waals surface area contributed by atoms with Crippen LogP contribution in [0.4, 0.5) is 18.9 Å². The summed E-state index contributed by atoms with van der Waals surface area (Å²) < 4.78 is 39.6. The first-order valence-corrected chi connectivity index (χ1v) is 10.6. The van der Waals surface area contributed by atoms with Crippen molar-refractivity contribution in [2.75, 3.05) is 5.32 Å². The van der Waals surface area contributed by atoms with Gasteiger partial charge in [-0.1, -0.05) is 0 Å². The number of carbonyl (C=O) groups excluding carboxylic acids is 1. The summed E-state index contributed by atoms with van der Waals surface area (Å²) >= 11 is 0. The van der Waals surface area contributed by atoms with Crippen molar-refractivity contribution in [1.29, 1.82) is 5.26 Å². The Morgan fingerprint density at radius 1 is 1.18 bits per heavy atom. The third-order valence-corrected chi connectivity index (χ3v) is 6.08. The van der Waals surface area contributed by atoms with Gasteiger partial charge < -0.3 is 10.4 Å². The molecular formula is C23H21F3N6O2. The van der Waals surface area contributed by atoms with Crippen LogP contribution in [-0.4, -0.2) is 36.9 Å². The molecule has 0 saturated heterocycles.